The second kappa shape index (κ2) is 10.5. The second-order valence-corrected chi connectivity index (χ2v) is 7.15. The van der Waals surface area contributed by atoms with E-state index in [1.165, 1.54) is 0 Å². The molecule has 1 atom stereocenters. The molecule has 0 saturated carbocycles. The number of carbonyl (C=O) groups is 2. The van der Waals surface area contributed by atoms with Crippen LogP contribution >= 0.6 is 0 Å². The first-order valence-electron chi connectivity index (χ1n) is 9.65. The van der Waals surface area contributed by atoms with Gasteiger partial charge in [-0.25, -0.2) is 0 Å². The van der Waals surface area contributed by atoms with Crippen LogP contribution in [0.1, 0.15) is 38.3 Å². The van der Waals surface area contributed by atoms with E-state index in [4.69, 9.17) is 0 Å². The lowest BCUT2D eigenvalue weighted by atomic mass is 10.1. The number of benzene rings is 2. The molecule has 0 aliphatic rings. The van der Waals surface area contributed by atoms with E-state index >= 15 is 0 Å². The maximum Gasteiger partial charge on any atom is 0.242 e. The highest BCUT2D eigenvalue weighted by molar-refractivity contribution is 5.87. The fourth-order valence-corrected chi connectivity index (χ4v) is 3.01. The predicted octanol–water partition coefficient (Wildman–Crippen LogP) is 3.60. The summed E-state index contributed by atoms with van der Waals surface area (Å²) >= 11 is 0. The lowest BCUT2D eigenvalue weighted by molar-refractivity contribution is -0.140. The summed E-state index contributed by atoms with van der Waals surface area (Å²) in [7, 11) is 0. The minimum absolute atomic E-state index is 0.0150. The fraction of sp³-hybridized carbons (Fsp3) is 0.391. The zero-order valence-electron chi connectivity index (χ0n) is 16.5. The maximum absolute atomic E-state index is 12.9. The van der Waals surface area contributed by atoms with Gasteiger partial charge in [0.05, 0.1) is 0 Å². The topological polar surface area (TPSA) is 49.4 Å². The summed E-state index contributed by atoms with van der Waals surface area (Å²) in [6.45, 7) is 6.19. The molecule has 0 heterocycles. The molecule has 27 heavy (non-hydrogen) atoms. The summed E-state index contributed by atoms with van der Waals surface area (Å²) in [4.78, 5) is 27.1. The molecule has 144 valence electrons. The van der Waals surface area contributed by atoms with Crippen LogP contribution in [0.25, 0.3) is 0 Å². The van der Waals surface area contributed by atoms with E-state index in [2.05, 4.69) is 5.32 Å². The SMILES string of the molecule is CC(C)NC(=O)[C@H](C)N(CCc1ccccc1)C(=O)CCc1ccccc1. The van der Waals surface area contributed by atoms with Gasteiger partial charge in [-0.3, -0.25) is 9.59 Å². The van der Waals surface area contributed by atoms with E-state index in [0.29, 0.717) is 19.4 Å². The van der Waals surface area contributed by atoms with Crippen LogP contribution in [0, 0.1) is 0 Å². The monoisotopic (exact) mass is 366 g/mol. The molecule has 2 aromatic carbocycles. The number of rotatable bonds is 9. The van der Waals surface area contributed by atoms with Gasteiger partial charge in [-0.05, 0) is 44.7 Å². The van der Waals surface area contributed by atoms with E-state index in [1.54, 1.807) is 4.90 Å². The standard InChI is InChI=1S/C23H30N2O2/c1-18(2)24-23(27)19(3)25(17-16-21-12-8-5-9-13-21)22(26)15-14-20-10-6-4-7-11-20/h4-13,18-19H,14-17H2,1-3H3,(H,24,27)/t19-/m0/s1. The Kier molecular flexibility index (Phi) is 8.05. The number of carbonyl (C=O) groups excluding carboxylic acids is 2. The Morgan fingerprint density at radius 2 is 1.37 bits per heavy atom. The van der Waals surface area contributed by atoms with Gasteiger partial charge in [0.2, 0.25) is 11.8 Å². The van der Waals surface area contributed by atoms with Crippen LogP contribution in [0.5, 0.6) is 0 Å². The first-order valence-corrected chi connectivity index (χ1v) is 9.65. The number of hydrogen-bond donors (Lipinski definition) is 1. The quantitative estimate of drug-likeness (QED) is 0.737. The van der Waals surface area contributed by atoms with Crippen LogP contribution in [0.15, 0.2) is 60.7 Å². The molecule has 0 aromatic heterocycles. The molecule has 2 aromatic rings. The van der Waals surface area contributed by atoms with Gasteiger partial charge in [0.15, 0.2) is 0 Å². The van der Waals surface area contributed by atoms with E-state index in [-0.39, 0.29) is 17.9 Å². The predicted molar refractivity (Wildman–Crippen MR) is 109 cm³/mol. The molecule has 4 nitrogen and oxygen atoms in total. The average molecular weight is 367 g/mol. The van der Waals surface area contributed by atoms with Crippen molar-refractivity contribution in [2.75, 3.05) is 6.54 Å². The largest absolute Gasteiger partial charge is 0.352 e. The molecule has 0 aliphatic heterocycles. The van der Waals surface area contributed by atoms with Gasteiger partial charge in [0.25, 0.3) is 0 Å². The van der Waals surface area contributed by atoms with Crippen LogP contribution in [0.3, 0.4) is 0 Å². The summed E-state index contributed by atoms with van der Waals surface area (Å²) in [5.74, 6) is -0.0905. The third-order valence-electron chi connectivity index (χ3n) is 4.55. The first kappa shape index (κ1) is 20.7. The Morgan fingerprint density at radius 3 is 1.89 bits per heavy atom. The molecule has 0 saturated heterocycles. The van der Waals surface area contributed by atoms with Gasteiger partial charge in [0, 0.05) is 19.0 Å². The molecule has 0 unspecified atom stereocenters. The normalized spacial score (nSPS) is 11.9. The van der Waals surface area contributed by atoms with Gasteiger partial charge in [-0.15, -0.1) is 0 Å². The summed E-state index contributed by atoms with van der Waals surface area (Å²) in [6.07, 6.45) is 1.81. The van der Waals surface area contributed by atoms with Crippen molar-refractivity contribution in [3.8, 4) is 0 Å². The van der Waals surface area contributed by atoms with Crippen LogP contribution in [0.4, 0.5) is 0 Å². The van der Waals surface area contributed by atoms with Crippen molar-refractivity contribution < 1.29 is 9.59 Å². The number of nitrogens with one attached hydrogen (secondary N) is 1. The number of nitrogens with zero attached hydrogens (tertiary/aromatic N) is 1. The smallest absolute Gasteiger partial charge is 0.242 e. The molecule has 0 fully saturated rings. The van der Waals surface area contributed by atoms with Gasteiger partial charge in [0.1, 0.15) is 6.04 Å². The van der Waals surface area contributed by atoms with Crippen molar-refractivity contribution >= 4 is 11.8 Å². The Bertz CT molecular complexity index is 714. The minimum Gasteiger partial charge on any atom is -0.352 e. The van der Waals surface area contributed by atoms with Crippen LogP contribution in [0.2, 0.25) is 0 Å². The van der Waals surface area contributed by atoms with Crippen molar-refractivity contribution in [2.45, 2.75) is 52.1 Å². The molecule has 2 rings (SSSR count). The van der Waals surface area contributed by atoms with Crippen LogP contribution in [-0.2, 0) is 22.4 Å². The van der Waals surface area contributed by atoms with E-state index in [1.807, 2.05) is 81.4 Å². The lowest BCUT2D eigenvalue weighted by Crippen LogP contribution is -2.50. The molecule has 0 spiro atoms. The van der Waals surface area contributed by atoms with Crippen molar-refractivity contribution in [2.24, 2.45) is 0 Å². The maximum atomic E-state index is 12.9. The van der Waals surface area contributed by atoms with Crippen molar-refractivity contribution in [3.63, 3.8) is 0 Å². The minimum atomic E-state index is -0.487. The van der Waals surface area contributed by atoms with Crippen LogP contribution in [-0.4, -0.2) is 35.3 Å². The highest BCUT2D eigenvalue weighted by Gasteiger charge is 2.25. The average Bonchev–Trinajstić information content (AvgIpc) is 2.67. The van der Waals surface area contributed by atoms with Crippen molar-refractivity contribution in [1.82, 2.24) is 10.2 Å². The highest BCUT2D eigenvalue weighted by Crippen LogP contribution is 2.10. The van der Waals surface area contributed by atoms with E-state index in [0.717, 1.165) is 17.5 Å². The Morgan fingerprint density at radius 1 is 0.852 bits per heavy atom. The first-order chi connectivity index (χ1) is 13.0. The zero-order chi connectivity index (χ0) is 19.6. The summed E-state index contributed by atoms with van der Waals surface area (Å²) in [5.41, 5.74) is 2.29. The Hall–Kier alpha value is -2.62. The van der Waals surface area contributed by atoms with Crippen molar-refractivity contribution in [3.05, 3.63) is 71.8 Å². The van der Waals surface area contributed by atoms with E-state index < -0.39 is 6.04 Å². The summed E-state index contributed by atoms with van der Waals surface area (Å²) in [6, 6.07) is 19.6. The summed E-state index contributed by atoms with van der Waals surface area (Å²) in [5, 5.41) is 2.92. The molecule has 0 radical (unpaired) electrons. The van der Waals surface area contributed by atoms with Crippen LogP contribution < -0.4 is 5.32 Å². The number of aryl methyl sites for hydroxylation is 1. The Balaban J connectivity index is 2.04. The second-order valence-electron chi connectivity index (χ2n) is 7.15. The highest BCUT2D eigenvalue weighted by atomic mass is 16.2. The van der Waals surface area contributed by atoms with E-state index in [9.17, 15) is 9.59 Å². The molecule has 0 aliphatic carbocycles. The van der Waals surface area contributed by atoms with Gasteiger partial charge < -0.3 is 10.2 Å². The third-order valence-corrected chi connectivity index (χ3v) is 4.55. The molecule has 1 N–H and O–H groups in total. The molecule has 0 bridgehead atoms. The molecule has 4 heteroatoms. The van der Waals surface area contributed by atoms with Gasteiger partial charge >= 0.3 is 0 Å². The van der Waals surface area contributed by atoms with Gasteiger partial charge in [-0.2, -0.15) is 0 Å². The van der Waals surface area contributed by atoms with Crippen molar-refractivity contribution in [1.29, 1.82) is 0 Å². The molecular formula is C23H30N2O2. The molecular weight excluding hydrogens is 336 g/mol. The Labute approximate surface area is 162 Å². The lowest BCUT2D eigenvalue weighted by Gasteiger charge is -2.29. The third kappa shape index (κ3) is 6.89. The fourth-order valence-electron chi connectivity index (χ4n) is 3.01. The number of amides is 2. The molecule has 2 amide bonds. The summed E-state index contributed by atoms with van der Waals surface area (Å²) < 4.78 is 0. The number of hydrogen-bond acceptors (Lipinski definition) is 2. The van der Waals surface area contributed by atoms with Gasteiger partial charge in [-0.1, -0.05) is 60.7 Å². The zero-order valence-corrected chi connectivity index (χ0v) is 16.5.